The highest BCUT2D eigenvalue weighted by atomic mass is 35.5. The second kappa shape index (κ2) is 10.6. The molecule has 0 aliphatic carbocycles. The van der Waals surface area contributed by atoms with Gasteiger partial charge < -0.3 is 19.5 Å². The van der Waals surface area contributed by atoms with Crippen molar-refractivity contribution in [3.05, 3.63) is 58.6 Å². The van der Waals surface area contributed by atoms with Gasteiger partial charge in [-0.05, 0) is 36.6 Å². The molecular weight excluding hydrogens is 373 g/mol. The monoisotopic (exact) mass is 397 g/mol. The Morgan fingerprint density at radius 1 is 1.19 bits per heavy atom. The van der Waals surface area contributed by atoms with Crippen LogP contribution in [0.1, 0.15) is 24.0 Å². The van der Waals surface area contributed by atoms with Crippen LogP contribution in [0.4, 0.5) is 0 Å². The first-order chi connectivity index (χ1) is 12.3. The van der Waals surface area contributed by atoms with E-state index >= 15 is 0 Å². The van der Waals surface area contributed by atoms with Crippen LogP contribution in [-0.4, -0.2) is 26.4 Å². The van der Waals surface area contributed by atoms with E-state index in [1.54, 1.807) is 7.11 Å². The van der Waals surface area contributed by atoms with E-state index < -0.39 is 0 Å². The van der Waals surface area contributed by atoms with Gasteiger partial charge in [-0.1, -0.05) is 35.9 Å². The number of hydrogen-bond acceptors (Lipinski definition) is 4. The molecule has 3 rings (SSSR count). The first-order valence-corrected chi connectivity index (χ1v) is 8.99. The highest BCUT2D eigenvalue weighted by Gasteiger charge is 2.16. The summed E-state index contributed by atoms with van der Waals surface area (Å²) in [6.07, 6.45) is 2.61. The molecule has 1 aliphatic heterocycles. The predicted molar refractivity (Wildman–Crippen MR) is 107 cm³/mol. The molecule has 26 heavy (non-hydrogen) atoms. The average molecular weight is 398 g/mol. The van der Waals surface area contributed by atoms with Crippen molar-refractivity contribution in [3.63, 3.8) is 0 Å². The third kappa shape index (κ3) is 5.78. The second-order valence-electron chi connectivity index (χ2n) is 6.13. The highest BCUT2D eigenvalue weighted by Crippen LogP contribution is 2.32. The van der Waals surface area contributed by atoms with Crippen LogP contribution in [0.15, 0.2) is 42.5 Å². The van der Waals surface area contributed by atoms with E-state index in [-0.39, 0.29) is 12.4 Å². The molecule has 4 nitrogen and oxygen atoms in total. The Morgan fingerprint density at radius 3 is 2.69 bits per heavy atom. The fourth-order valence-corrected chi connectivity index (χ4v) is 3.06. The van der Waals surface area contributed by atoms with E-state index in [1.165, 1.54) is 0 Å². The van der Waals surface area contributed by atoms with E-state index in [4.69, 9.17) is 25.8 Å². The molecule has 2 aromatic carbocycles. The van der Waals surface area contributed by atoms with Crippen molar-refractivity contribution in [2.45, 2.75) is 32.1 Å². The van der Waals surface area contributed by atoms with Crippen molar-refractivity contribution < 1.29 is 14.2 Å². The first-order valence-electron chi connectivity index (χ1n) is 8.61. The molecule has 0 radical (unpaired) electrons. The van der Waals surface area contributed by atoms with Crippen molar-refractivity contribution in [1.29, 1.82) is 0 Å². The van der Waals surface area contributed by atoms with E-state index in [9.17, 15) is 0 Å². The summed E-state index contributed by atoms with van der Waals surface area (Å²) in [5.74, 6) is 1.52. The molecular formula is C20H25Cl2NO3. The zero-order chi connectivity index (χ0) is 17.5. The number of nitrogens with one attached hydrogen (secondary N) is 1. The minimum Gasteiger partial charge on any atom is -0.493 e. The Kier molecular flexibility index (Phi) is 8.52. The number of methoxy groups -OCH3 is 1. The van der Waals surface area contributed by atoms with Crippen LogP contribution in [0.5, 0.6) is 11.5 Å². The van der Waals surface area contributed by atoms with Gasteiger partial charge in [-0.15, -0.1) is 12.4 Å². The Bertz CT molecular complexity index is 673. The molecule has 0 saturated carbocycles. The topological polar surface area (TPSA) is 39.7 Å². The first kappa shape index (κ1) is 20.8. The molecule has 142 valence electrons. The Morgan fingerprint density at radius 2 is 2.00 bits per heavy atom. The van der Waals surface area contributed by atoms with Crippen LogP contribution >= 0.6 is 24.0 Å². The van der Waals surface area contributed by atoms with E-state index in [1.807, 2.05) is 36.4 Å². The summed E-state index contributed by atoms with van der Waals surface area (Å²) in [6.45, 7) is 2.91. The lowest BCUT2D eigenvalue weighted by molar-refractivity contribution is 0.110. The lowest BCUT2D eigenvalue weighted by atomic mass is 10.1. The minimum atomic E-state index is 0. The van der Waals surface area contributed by atoms with Crippen molar-refractivity contribution >= 4 is 24.0 Å². The summed E-state index contributed by atoms with van der Waals surface area (Å²) in [5, 5.41) is 4.19. The van der Waals surface area contributed by atoms with Gasteiger partial charge in [0, 0.05) is 30.3 Å². The van der Waals surface area contributed by atoms with Gasteiger partial charge in [0.05, 0.1) is 13.2 Å². The summed E-state index contributed by atoms with van der Waals surface area (Å²) in [5.41, 5.74) is 2.14. The zero-order valence-corrected chi connectivity index (χ0v) is 16.4. The van der Waals surface area contributed by atoms with Gasteiger partial charge >= 0.3 is 0 Å². The molecule has 1 atom stereocenters. The molecule has 1 N–H and O–H groups in total. The molecule has 0 aromatic heterocycles. The van der Waals surface area contributed by atoms with Crippen LogP contribution in [0.25, 0.3) is 0 Å². The SMILES string of the molecule is COc1cccc(CNCC2CCCO2)c1OCc1ccc(Cl)cc1.Cl. The molecule has 2 aromatic rings. The van der Waals surface area contributed by atoms with Crippen LogP contribution in [0.2, 0.25) is 5.02 Å². The highest BCUT2D eigenvalue weighted by molar-refractivity contribution is 6.30. The normalized spacial score (nSPS) is 16.2. The van der Waals surface area contributed by atoms with Crippen molar-refractivity contribution in [1.82, 2.24) is 5.32 Å². The quantitative estimate of drug-likeness (QED) is 0.705. The van der Waals surface area contributed by atoms with Gasteiger partial charge in [0.1, 0.15) is 6.61 Å². The molecule has 1 unspecified atom stereocenters. The van der Waals surface area contributed by atoms with Crippen LogP contribution < -0.4 is 14.8 Å². The molecule has 1 saturated heterocycles. The Labute approximate surface area is 166 Å². The van der Waals surface area contributed by atoms with Gasteiger partial charge in [-0.25, -0.2) is 0 Å². The molecule has 1 fully saturated rings. The molecule has 1 heterocycles. The van der Waals surface area contributed by atoms with Crippen molar-refractivity contribution in [3.8, 4) is 11.5 Å². The van der Waals surface area contributed by atoms with E-state index in [2.05, 4.69) is 11.4 Å². The van der Waals surface area contributed by atoms with Crippen LogP contribution in [0, 0.1) is 0 Å². The van der Waals surface area contributed by atoms with Gasteiger partial charge in [0.25, 0.3) is 0 Å². The number of hydrogen-bond donors (Lipinski definition) is 1. The maximum Gasteiger partial charge on any atom is 0.166 e. The van der Waals surface area contributed by atoms with Crippen molar-refractivity contribution in [2.24, 2.45) is 0 Å². The maximum absolute atomic E-state index is 6.07. The van der Waals surface area contributed by atoms with Crippen LogP contribution in [0.3, 0.4) is 0 Å². The van der Waals surface area contributed by atoms with E-state index in [0.29, 0.717) is 19.3 Å². The number of rotatable bonds is 8. The Balaban J connectivity index is 0.00000243. The summed E-state index contributed by atoms with van der Waals surface area (Å²) in [4.78, 5) is 0. The third-order valence-electron chi connectivity index (χ3n) is 4.29. The summed E-state index contributed by atoms with van der Waals surface area (Å²) < 4.78 is 17.2. The number of halogens is 2. The van der Waals surface area contributed by atoms with Gasteiger partial charge in [0.2, 0.25) is 0 Å². The molecule has 6 heteroatoms. The van der Waals surface area contributed by atoms with Gasteiger partial charge in [0.15, 0.2) is 11.5 Å². The third-order valence-corrected chi connectivity index (χ3v) is 4.54. The lowest BCUT2D eigenvalue weighted by Crippen LogP contribution is -2.26. The fourth-order valence-electron chi connectivity index (χ4n) is 2.93. The van der Waals surface area contributed by atoms with Crippen LogP contribution in [-0.2, 0) is 17.9 Å². The summed E-state index contributed by atoms with van der Waals surface area (Å²) in [6, 6.07) is 13.6. The lowest BCUT2D eigenvalue weighted by Gasteiger charge is -2.17. The fraction of sp³-hybridized carbons (Fsp3) is 0.400. The number of para-hydroxylation sites is 1. The molecule has 1 aliphatic rings. The zero-order valence-electron chi connectivity index (χ0n) is 14.9. The predicted octanol–water partition coefficient (Wildman–Crippen LogP) is 4.62. The largest absolute Gasteiger partial charge is 0.493 e. The molecule has 0 bridgehead atoms. The second-order valence-corrected chi connectivity index (χ2v) is 6.57. The van der Waals surface area contributed by atoms with Crippen molar-refractivity contribution in [2.75, 3.05) is 20.3 Å². The summed E-state index contributed by atoms with van der Waals surface area (Å²) >= 11 is 5.93. The standard InChI is InChI=1S/C20H24ClNO3.ClH/c1-23-19-6-2-4-16(12-22-13-18-5-3-11-24-18)20(19)25-14-15-7-9-17(21)10-8-15;/h2,4,6-10,18,22H,3,5,11-14H2,1H3;1H. The van der Waals surface area contributed by atoms with Gasteiger partial charge in [-0.2, -0.15) is 0 Å². The Hall–Kier alpha value is -1.46. The summed E-state index contributed by atoms with van der Waals surface area (Å²) in [7, 11) is 1.66. The van der Waals surface area contributed by atoms with E-state index in [0.717, 1.165) is 53.6 Å². The number of ether oxygens (including phenoxy) is 3. The maximum atomic E-state index is 6.07. The van der Waals surface area contributed by atoms with Gasteiger partial charge in [-0.3, -0.25) is 0 Å². The average Bonchev–Trinajstić information content (AvgIpc) is 3.15. The molecule has 0 amide bonds. The number of benzene rings is 2. The smallest absolute Gasteiger partial charge is 0.166 e. The molecule has 0 spiro atoms. The minimum absolute atomic E-state index is 0.